The van der Waals surface area contributed by atoms with Gasteiger partial charge in [0.05, 0.1) is 0 Å². The van der Waals surface area contributed by atoms with Gasteiger partial charge in [-0.1, -0.05) is 12.2 Å². The van der Waals surface area contributed by atoms with E-state index < -0.39 is 24.3 Å². The number of cyclic esters (lactones) is 1. The van der Waals surface area contributed by atoms with Gasteiger partial charge in [0.1, 0.15) is 24.9 Å². The van der Waals surface area contributed by atoms with Gasteiger partial charge in [-0.2, -0.15) is 0 Å². The first-order chi connectivity index (χ1) is 10.5. The maximum atomic E-state index is 11.4. The molecule has 0 fully saturated rings. The second-order valence-corrected chi connectivity index (χ2v) is 5.05. The van der Waals surface area contributed by atoms with E-state index in [1.165, 1.54) is 20.1 Å². The van der Waals surface area contributed by atoms with Gasteiger partial charge in [0, 0.05) is 20.5 Å². The van der Waals surface area contributed by atoms with Crippen LogP contribution in [0.5, 0.6) is 0 Å². The second kappa shape index (κ2) is 10.1. The highest BCUT2D eigenvalue weighted by molar-refractivity contribution is 5.69. The molecule has 1 rings (SSSR count). The SMILES string of the molecule is COC1/C=C\CCCCC(=O)OC/C=C/[C@H](OC(C)=O)[C@@H]1O. The Hall–Kier alpha value is -1.66. The zero-order valence-electron chi connectivity index (χ0n) is 13.1. The molecule has 0 spiro atoms. The van der Waals surface area contributed by atoms with E-state index in [2.05, 4.69) is 0 Å². The van der Waals surface area contributed by atoms with E-state index in [9.17, 15) is 14.7 Å². The van der Waals surface area contributed by atoms with Gasteiger partial charge in [-0.3, -0.25) is 9.59 Å². The summed E-state index contributed by atoms with van der Waals surface area (Å²) in [4.78, 5) is 22.6. The molecule has 0 radical (unpaired) electrons. The molecule has 0 aromatic carbocycles. The van der Waals surface area contributed by atoms with Gasteiger partial charge in [0.15, 0.2) is 0 Å². The van der Waals surface area contributed by atoms with Crippen molar-refractivity contribution in [3.05, 3.63) is 24.3 Å². The number of ether oxygens (including phenoxy) is 3. The lowest BCUT2D eigenvalue weighted by Crippen LogP contribution is -2.39. The first kappa shape index (κ1) is 18.4. The van der Waals surface area contributed by atoms with E-state index in [1.807, 2.05) is 6.08 Å². The van der Waals surface area contributed by atoms with Crippen LogP contribution < -0.4 is 0 Å². The van der Waals surface area contributed by atoms with Crippen LogP contribution in [0, 0.1) is 0 Å². The molecule has 124 valence electrons. The molecule has 3 atom stereocenters. The number of allylic oxidation sites excluding steroid dienone is 1. The monoisotopic (exact) mass is 312 g/mol. The maximum absolute atomic E-state index is 11.4. The maximum Gasteiger partial charge on any atom is 0.306 e. The molecule has 6 nitrogen and oxygen atoms in total. The molecular weight excluding hydrogens is 288 g/mol. The average Bonchev–Trinajstić information content (AvgIpc) is 2.48. The molecule has 22 heavy (non-hydrogen) atoms. The van der Waals surface area contributed by atoms with Gasteiger partial charge in [0.2, 0.25) is 0 Å². The van der Waals surface area contributed by atoms with E-state index in [-0.39, 0.29) is 12.6 Å². The van der Waals surface area contributed by atoms with Crippen LogP contribution in [0.4, 0.5) is 0 Å². The van der Waals surface area contributed by atoms with Crippen molar-refractivity contribution < 1.29 is 28.9 Å². The number of hydrogen-bond donors (Lipinski definition) is 1. The van der Waals surface area contributed by atoms with Crippen LogP contribution in [0.1, 0.15) is 32.6 Å². The normalized spacial score (nSPS) is 30.7. The largest absolute Gasteiger partial charge is 0.461 e. The molecule has 0 saturated heterocycles. The van der Waals surface area contributed by atoms with E-state index in [1.54, 1.807) is 12.2 Å². The summed E-state index contributed by atoms with van der Waals surface area (Å²) in [6, 6.07) is 0. The Labute approximate surface area is 130 Å². The Morgan fingerprint density at radius 3 is 2.68 bits per heavy atom. The zero-order chi connectivity index (χ0) is 16.4. The van der Waals surface area contributed by atoms with E-state index in [0.29, 0.717) is 6.42 Å². The Balaban J connectivity index is 2.85. The predicted molar refractivity (Wildman–Crippen MR) is 80.1 cm³/mol. The third-order valence-electron chi connectivity index (χ3n) is 3.24. The van der Waals surface area contributed by atoms with Gasteiger partial charge in [-0.05, 0) is 31.4 Å². The highest BCUT2D eigenvalue weighted by atomic mass is 16.6. The standard InChI is InChI=1S/C16H24O6/c1-12(17)22-14-9-7-11-21-15(18)10-6-4-3-5-8-13(20-2)16(14)19/h5,7-9,13-14,16,19H,3-4,6,10-11H2,1-2H3/b8-5-,9-7+/t13?,14-,16+/m0/s1. The van der Waals surface area contributed by atoms with Crippen LogP contribution in [0.3, 0.4) is 0 Å². The van der Waals surface area contributed by atoms with Crippen molar-refractivity contribution in [2.45, 2.75) is 50.9 Å². The summed E-state index contributed by atoms with van der Waals surface area (Å²) >= 11 is 0. The van der Waals surface area contributed by atoms with Crippen molar-refractivity contribution in [2.75, 3.05) is 13.7 Å². The van der Waals surface area contributed by atoms with Gasteiger partial charge in [-0.15, -0.1) is 0 Å². The van der Waals surface area contributed by atoms with Crippen LogP contribution in [-0.4, -0.2) is 49.1 Å². The van der Waals surface area contributed by atoms with Crippen molar-refractivity contribution in [3.8, 4) is 0 Å². The molecule has 0 aromatic rings. The summed E-state index contributed by atoms with van der Waals surface area (Å²) in [6.45, 7) is 1.35. The van der Waals surface area contributed by atoms with Crippen LogP contribution in [0.15, 0.2) is 24.3 Å². The highest BCUT2D eigenvalue weighted by Gasteiger charge is 2.26. The molecule has 0 bridgehead atoms. The minimum absolute atomic E-state index is 0.0802. The summed E-state index contributed by atoms with van der Waals surface area (Å²) in [7, 11) is 1.48. The van der Waals surface area contributed by atoms with Gasteiger partial charge in [0.25, 0.3) is 0 Å². The minimum Gasteiger partial charge on any atom is -0.461 e. The minimum atomic E-state index is -1.04. The predicted octanol–water partition coefficient (Wildman–Crippen LogP) is 1.52. The molecule has 0 saturated carbocycles. The first-order valence-corrected chi connectivity index (χ1v) is 7.41. The lowest BCUT2D eigenvalue weighted by atomic mass is 10.1. The Bertz CT molecular complexity index is 415. The van der Waals surface area contributed by atoms with Crippen LogP contribution in [-0.2, 0) is 23.8 Å². The van der Waals surface area contributed by atoms with Crippen LogP contribution in [0.2, 0.25) is 0 Å². The molecule has 1 unspecified atom stereocenters. The quantitative estimate of drug-likeness (QED) is 0.615. The molecule has 1 N–H and O–H groups in total. The molecule has 0 amide bonds. The smallest absolute Gasteiger partial charge is 0.306 e. The van der Waals surface area contributed by atoms with Crippen molar-refractivity contribution in [2.24, 2.45) is 0 Å². The van der Waals surface area contributed by atoms with Crippen molar-refractivity contribution in [1.29, 1.82) is 0 Å². The number of hydrogen-bond acceptors (Lipinski definition) is 6. The highest BCUT2D eigenvalue weighted by Crippen LogP contribution is 2.13. The third-order valence-corrected chi connectivity index (χ3v) is 3.24. The fourth-order valence-electron chi connectivity index (χ4n) is 2.10. The van der Waals surface area contributed by atoms with Gasteiger partial charge in [-0.25, -0.2) is 0 Å². The lowest BCUT2D eigenvalue weighted by Gasteiger charge is -2.25. The van der Waals surface area contributed by atoms with Gasteiger partial charge >= 0.3 is 11.9 Å². The fraction of sp³-hybridized carbons (Fsp3) is 0.625. The second-order valence-electron chi connectivity index (χ2n) is 5.05. The number of carbonyl (C=O) groups is 2. The first-order valence-electron chi connectivity index (χ1n) is 7.41. The number of rotatable bonds is 2. The van der Waals surface area contributed by atoms with E-state index in [4.69, 9.17) is 14.2 Å². The zero-order valence-corrected chi connectivity index (χ0v) is 13.1. The number of aliphatic hydroxyl groups excluding tert-OH is 1. The van der Waals surface area contributed by atoms with Crippen LogP contribution >= 0.6 is 0 Å². The molecule has 1 aliphatic rings. The number of aliphatic hydroxyl groups is 1. The molecule has 0 aromatic heterocycles. The average molecular weight is 312 g/mol. The Morgan fingerprint density at radius 2 is 2.00 bits per heavy atom. The van der Waals surface area contributed by atoms with Crippen LogP contribution in [0.25, 0.3) is 0 Å². The van der Waals surface area contributed by atoms with E-state index >= 15 is 0 Å². The summed E-state index contributed by atoms with van der Waals surface area (Å²) in [5, 5.41) is 10.3. The summed E-state index contributed by atoms with van der Waals surface area (Å²) in [6.07, 6.45) is 6.96. The van der Waals surface area contributed by atoms with Gasteiger partial charge < -0.3 is 19.3 Å². The van der Waals surface area contributed by atoms with Crippen molar-refractivity contribution in [3.63, 3.8) is 0 Å². The van der Waals surface area contributed by atoms with Crippen molar-refractivity contribution >= 4 is 11.9 Å². The fourth-order valence-corrected chi connectivity index (χ4v) is 2.10. The summed E-state index contributed by atoms with van der Waals surface area (Å²) in [5.41, 5.74) is 0. The third kappa shape index (κ3) is 6.87. The summed E-state index contributed by atoms with van der Waals surface area (Å²) < 4.78 is 15.4. The molecule has 1 heterocycles. The molecule has 1 aliphatic heterocycles. The molecule has 0 aliphatic carbocycles. The van der Waals surface area contributed by atoms with E-state index in [0.717, 1.165) is 19.3 Å². The number of methoxy groups -OCH3 is 1. The number of carbonyl (C=O) groups excluding carboxylic acids is 2. The molecule has 6 heteroatoms. The Kier molecular flexibility index (Phi) is 8.47. The van der Waals surface area contributed by atoms with Crippen molar-refractivity contribution in [1.82, 2.24) is 0 Å². The number of esters is 2. The summed E-state index contributed by atoms with van der Waals surface area (Å²) in [5.74, 6) is -0.768. The Morgan fingerprint density at radius 1 is 1.27 bits per heavy atom. The molecular formula is C16H24O6. The topological polar surface area (TPSA) is 82.1 Å². The lowest BCUT2D eigenvalue weighted by molar-refractivity contribution is -0.152.